The SMILES string of the molecule is COc1ccc2c(ccc3c(Cl)cnc(Cl)c32)c1. The predicted molar refractivity (Wildman–Crippen MR) is 75.8 cm³/mol. The molecule has 18 heavy (non-hydrogen) atoms. The van der Waals surface area contributed by atoms with Crippen LogP contribution in [0.2, 0.25) is 10.2 Å². The molecule has 3 rings (SSSR count). The van der Waals surface area contributed by atoms with Gasteiger partial charge in [-0.15, -0.1) is 0 Å². The average Bonchev–Trinajstić information content (AvgIpc) is 2.41. The van der Waals surface area contributed by atoms with E-state index in [-0.39, 0.29) is 0 Å². The molecule has 0 saturated heterocycles. The van der Waals surface area contributed by atoms with Crippen LogP contribution >= 0.6 is 23.2 Å². The summed E-state index contributed by atoms with van der Waals surface area (Å²) in [5.41, 5.74) is 0. The third kappa shape index (κ3) is 1.69. The number of fused-ring (bicyclic) bond motifs is 3. The largest absolute Gasteiger partial charge is 0.497 e. The number of methoxy groups -OCH3 is 1. The van der Waals surface area contributed by atoms with Gasteiger partial charge in [0.15, 0.2) is 0 Å². The quantitative estimate of drug-likeness (QED) is 0.475. The van der Waals surface area contributed by atoms with E-state index in [1.165, 1.54) is 0 Å². The molecule has 1 heterocycles. The second-order valence-corrected chi connectivity index (χ2v) is 4.74. The van der Waals surface area contributed by atoms with E-state index >= 15 is 0 Å². The van der Waals surface area contributed by atoms with Crippen LogP contribution in [0.4, 0.5) is 0 Å². The van der Waals surface area contributed by atoms with Crippen LogP contribution in [-0.4, -0.2) is 12.1 Å². The van der Waals surface area contributed by atoms with Crippen LogP contribution in [0.1, 0.15) is 0 Å². The van der Waals surface area contributed by atoms with Gasteiger partial charge in [0.25, 0.3) is 0 Å². The van der Waals surface area contributed by atoms with E-state index in [4.69, 9.17) is 27.9 Å². The molecule has 0 amide bonds. The third-order valence-corrected chi connectivity index (χ3v) is 3.57. The summed E-state index contributed by atoms with van der Waals surface area (Å²) >= 11 is 12.3. The van der Waals surface area contributed by atoms with Crippen molar-refractivity contribution in [2.45, 2.75) is 0 Å². The number of rotatable bonds is 1. The molecule has 0 aliphatic heterocycles. The molecule has 2 aromatic carbocycles. The fourth-order valence-corrected chi connectivity index (χ4v) is 2.56. The van der Waals surface area contributed by atoms with E-state index in [1.54, 1.807) is 13.3 Å². The highest BCUT2D eigenvalue weighted by atomic mass is 35.5. The van der Waals surface area contributed by atoms with Crippen molar-refractivity contribution < 1.29 is 4.74 Å². The van der Waals surface area contributed by atoms with E-state index in [2.05, 4.69) is 4.98 Å². The normalized spacial score (nSPS) is 11.1. The minimum absolute atomic E-state index is 0.463. The molecular weight excluding hydrogens is 269 g/mol. The molecule has 0 spiro atoms. The van der Waals surface area contributed by atoms with Crippen molar-refractivity contribution >= 4 is 44.7 Å². The van der Waals surface area contributed by atoms with Gasteiger partial charge in [0.2, 0.25) is 0 Å². The summed E-state index contributed by atoms with van der Waals surface area (Å²) in [6.45, 7) is 0. The van der Waals surface area contributed by atoms with Crippen LogP contribution in [0.5, 0.6) is 5.75 Å². The molecule has 0 N–H and O–H groups in total. The second kappa shape index (κ2) is 4.30. The third-order valence-electron chi connectivity index (χ3n) is 2.98. The zero-order valence-electron chi connectivity index (χ0n) is 9.58. The van der Waals surface area contributed by atoms with Crippen molar-refractivity contribution in [3.05, 3.63) is 46.7 Å². The highest BCUT2D eigenvalue weighted by Gasteiger charge is 2.09. The summed E-state index contributed by atoms with van der Waals surface area (Å²) in [5, 5.41) is 4.93. The lowest BCUT2D eigenvalue weighted by Crippen LogP contribution is -1.86. The number of ether oxygens (including phenoxy) is 1. The van der Waals surface area contributed by atoms with E-state index in [1.807, 2.05) is 30.3 Å². The molecule has 3 aromatic rings. The molecule has 90 valence electrons. The number of hydrogen-bond acceptors (Lipinski definition) is 2. The van der Waals surface area contributed by atoms with Crippen molar-refractivity contribution in [2.24, 2.45) is 0 Å². The molecular formula is C14H9Cl2NO. The zero-order chi connectivity index (χ0) is 12.7. The maximum Gasteiger partial charge on any atom is 0.137 e. The number of benzene rings is 2. The highest BCUT2D eigenvalue weighted by Crippen LogP contribution is 2.35. The molecule has 2 nitrogen and oxygen atoms in total. The topological polar surface area (TPSA) is 22.1 Å². The van der Waals surface area contributed by atoms with Gasteiger partial charge in [-0.2, -0.15) is 0 Å². The van der Waals surface area contributed by atoms with Crippen molar-refractivity contribution in [1.82, 2.24) is 4.98 Å². The summed E-state index contributed by atoms with van der Waals surface area (Å²) in [7, 11) is 1.65. The number of pyridine rings is 1. The van der Waals surface area contributed by atoms with Gasteiger partial charge < -0.3 is 4.74 Å². The predicted octanol–water partition coefficient (Wildman–Crippen LogP) is 4.70. The number of halogens is 2. The van der Waals surface area contributed by atoms with E-state index in [0.717, 1.165) is 27.3 Å². The maximum absolute atomic E-state index is 6.18. The molecule has 1 aromatic heterocycles. The Balaban J connectivity index is 2.49. The highest BCUT2D eigenvalue weighted by molar-refractivity contribution is 6.41. The summed E-state index contributed by atoms with van der Waals surface area (Å²) in [5.74, 6) is 0.813. The van der Waals surface area contributed by atoms with Gasteiger partial charge in [0.05, 0.1) is 12.1 Å². The van der Waals surface area contributed by atoms with Crippen molar-refractivity contribution in [3.8, 4) is 5.75 Å². The lowest BCUT2D eigenvalue weighted by atomic mass is 10.0. The molecule has 0 fully saturated rings. The molecule has 0 atom stereocenters. The van der Waals surface area contributed by atoms with Crippen LogP contribution in [-0.2, 0) is 0 Å². The molecule has 0 saturated carbocycles. The monoisotopic (exact) mass is 277 g/mol. The van der Waals surface area contributed by atoms with Crippen LogP contribution in [0.15, 0.2) is 36.5 Å². The molecule has 0 radical (unpaired) electrons. The van der Waals surface area contributed by atoms with Gasteiger partial charge >= 0.3 is 0 Å². The maximum atomic E-state index is 6.18. The molecule has 0 aliphatic rings. The number of hydrogen-bond donors (Lipinski definition) is 0. The Morgan fingerprint density at radius 2 is 1.83 bits per heavy atom. The number of nitrogens with zero attached hydrogens (tertiary/aromatic N) is 1. The van der Waals surface area contributed by atoms with Gasteiger partial charge in [-0.25, -0.2) is 4.98 Å². The first-order chi connectivity index (χ1) is 8.70. The summed E-state index contributed by atoms with van der Waals surface area (Å²) < 4.78 is 5.21. The lowest BCUT2D eigenvalue weighted by molar-refractivity contribution is 0.415. The van der Waals surface area contributed by atoms with Crippen molar-refractivity contribution in [2.75, 3.05) is 7.11 Å². The standard InChI is InChI=1S/C14H9Cl2NO/c1-18-9-3-5-10-8(6-9)2-4-11-12(15)7-17-14(16)13(10)11/h2-7H,1H3. The fourth-order valence-electron chi connectivity index (χ4n) is 2.10. The van der Waals surface area contributed by atoms with E-state index < -0.39 is 0 Å². The molecule has 4 heteroatoms. The van der Waals surface area contributed by atoms with Crippen LogP contribution in [0.3, 0.4) is 0 Å². The van der Waals surface area contributed by atoms with E-state index in [0.29, 0.717) is 10.2 Å². The van der Waals surface area contributed by atoms with Gasteiger partial charge in [-0.3, -0.25) is 0 Å². The minimum atomic E-state index is 0.463. The van der Waals surface area contributed by atoms with Gasteiger partial charge in [-0.05, 0) is 29.0 Å². The van der Waals surface area contributed by atoms with Crippen molar-refractivity contribution in [3.63, 3.8) is 0 Å². The Hall–Kier alpha value is -1.51. The van der Waals surface area contributed by atoms with Gasteiger partial charge in [0, 0.05) is 17.0 Å². The van der Waals surface area contributed by atoms with Gasteiger partial charge in [0.1, 0.15) is 10.9 Å². The van der Waals surface area contributed by atoms with E-state index in [9.17, 15) is 0 Å². The number of aromatic nitrogens is 1. The Morgan fingerprint density at radius 1 is 1.06 bits per heavy atom. The first kappa shape index (κ1) is 11.6. The van der Waals surface area contributed by atoms with Crippen LogP contribution in [0, 0.1) is 0 Å². The Kier molecular flexibility index (Phi) is 2.77. The Morgan fingerprint density at radius 3 is 2.61 bits per heavy atom. The van der Waals surface area contributed by atoms with Gasteiger partial charge in [-0.1, -0.05) is 35.3 Å². The Labute approximate surface area is 114 Å². The van der Waals surface area contributed by atoms with Crippen LogP contribution in [0.25, 0.3) is 21.5 Å². The van der Waals surface area contributed by atoms with Crippen molar-refractivity contribution in [1.29, 1.82) is 0 Å². The minimum Gasteiger partial charge on any atom is -0.497 e. The summed E-state index contributed by atoms with van der Waals surface area (Å²) in [6, 6.07) is 9.79. The smallest absolute Gasteiger partial charge is 0.137 e. The lowest BCUT2D eigenvalue weighted by Gasteiger charge is -2.08. The fraction of sp³-hybridized carbons (Fsp3) is 0.0714. The second-order valence-electron chi connectivity index (χ2n) is 3.97. The first-order valence-electron chi connectivity index (χ1n) is 5.41. The first-order valence-corrected chi connectivity index (χ1v) is 6.17. The molecule has 0 bridgehead atoms. The zero-order valence-corrected chi connectivity index (χ0v) is 11.1. The average molecular weight is 278 g/mol. The summed E-state index contributed by atoms with van der Waals surface area (Å²) in [4.78, 5) is 4.10. The molecule has 0 aliphatic carbocycles. The molecule has 0 unspecified atom stereocenters. The summed E-state index contributed by atoms with van der Waals surface area (Å²) in [6.07, 6.45) is 1.57. The Bertz CT molecular complexity index is 755. The van der Waals surface area contributed by atoms with Crippen LogP contribution < -0.4 is 4.74 Å².